The molecule has 2 aliphatic rings. The van der Waals surface area contributed by atoms with Crippen molar-refractivity contribution in [3.63, 3.8) is 0 Å². The zero-order chi connectivity index (χ0) is 15.9. The first kappa shape index (κ1) is 15.4. The van der Waals surface area contributed by atoms with Gasteiger partial charge < -0.3 is 14.7 Å². The Kier molecular flexibility index (Phi) is 4.14. The van der Waals surface area contributed by atoms with E-state index in [9.17, 15) is 18.7 Å². The number of hydrogen-bond acceptors (Lipinski definition) is 3. The van der Waals surface area contributed by atoms with Crippen LogP contribution in [0.4, 0.5) is 8.78 Å². The van der Waals surface area contributed by atoms with E-state index in [1.54, 1.807) is 4.90 Å². The molecule has 120 valence electrons. The van der Waals surface area contributed by atoms with Gasteiger partial charge in [0, 0.05) is 12.5 Å². The van der Waals surface area contributed by atoms with E-state index in [1.807, 2.05) is 6.92 Å². The SMILES string of the molecule is CC1COC(CO)CN1C(=O)C1CC1c1cc(F)ccc1F. The number of aliphatic hydroxyl groups is 1. The molecule has 0 bridgehead atoms. The van der Waals surface area contributed by atoms with Crippen LogP contribution in [0.2, 0.25) is 0 Å². The molecule has 1 aromatic carbocycles. The average molecular weight is 311 g/mol. The topological polar surface area (TPSA) is 49.8 Å². The maximum Gasteiger partial charge on any atom is 0.226 e. The standard InChI is InChI=1S/C16H19F2NO3/c1-9-8-22-11(7-20)6-19(9)16(21)14-5-12(14)13-4-10(17)2-3-15(13)18/h2-4,9,11-12,14,20H,5-8H2,1H3. The van der Waals surface area contributed by atoms with Crippen LogP contribution in [0.15, 0.2) is 18.2 Å². The summed E-state index contributed by atoms with van der Waals surface area (Å²) in [6, 6.07) is 3.28. The third kappa shape index (κ3) is 2.85. The van der Waals surface area contributed by atoms with Crippen molar-refractivity contribution in [3.8, 4) is 0 Å². The Morgan fingerprint density at radius 2 is 2.23 bits per heavy atom. The van der Waals surface area contributed by atoms with Gasteiger partial charge >= 0.3 is 0 Å². The number of aliphatic hydroxyl groups excluding tert-OH is 1. The molecule has 6 heteroatoms. The highest BCUT2D eigenvalue weighted by Crippen LogP contribution is 2.49. The summed E-state index contributed by atoms with van der Waals surface area (Å²) in [7, 11) is 0. The molecule has 1 aliphatic heterocycles. The predicted octanol–water partition coefficient (Wildman–Crippen LogP) is 1.68. The fourth-order valence-electron chi connectivity index (χ4n) is 3.06. The summed E-state index contributed by atoms with van der Waals surface area (Å²) in [5.74, 6) is -1.59. The van der Waals surface area contributed by atoms with Gasteiger partial charge in [0.05, 0.1) is 25.4 Å². The molecule has 22 heavy (non-hydrogen) atoms. The Labute approximate surface area is 127 Å². The Morgan fingerprint density at radius 3 is 2.95 bits per heavy atom. The molecule has 1 saturated heterocycles. The van der Waals surface area contributed by atoms with E-state index in [2.05, 4.69) is 0 Å². The van der Waals surface area contributed by atoms with Crippen LogP contribution >= 0.6 is 0 Å². The van der Waals surface area contributed by atoms with E-state index in [4.69, 9.17) is 4.74 Å². The fourth-order valence-corrected chi connectivity index (χ4v) is 3.06. The minimum Gasteiger partial charge on any atom is -0.394 e. The first-order valence-corrected chi connectivity index (χ1v) is 7.49. The summed E-state index contributed by atoms with van der Waals surface area (Å²) < 4.78 is 32.5. The van der Waals surface area contributed by atoms with Crippen LogP contribution in [0.25, 0.3) is 0 Å². The number of morpholine rings is 1. The Hall–Kier alpha value is -1.53. The maximum atomic E-state index is 13.8. The van der Waals surface area contributed by atoms with Crippen molar-refractivity contribution in [3.05, 3.63) is 35.4 Å². The van der Waals surface area contributed by atoms with Crippen molar-refractivity contribution >= 4 is 5.91 Å². The number of nitrogens with zero attached hydrogens (tertiary/aromatic N) is 1. The molecule has 1 amide bonds. The quantitative estimate of drug-likeness (QED) is 0.924. The molecular formula is C16H19F2NO3. The molecule has 4 unspecified atom stereocenters. The molecule has 1 aliphatic carbocycles. The van der Waals surface area contributed by atoms with Gasteiger partial charge in [-0.1, -0.05) is 0 Å². The lowest BCUT2D eigenvalue weighted by Crippen LogP contribution is -2.52. The molecular weight excluding hydrogens is 292 g/mol. The van der Waals surface area contributed by atoms with E-state index in [0.717, 1.165) is 12.1 Å². The summed E-state index contributed by atoms with van der Waals surface area (Å²) in [4.78, 5) is 14.3. The van der Waals surface area contributed by atoms with E-state index < -0.39 is 11.6 Å². The number of ether oxygens (including phenoxy) is 1. The third-order valence-corrected chi connectivity index (χ3v) is 4.46. The first-order chi connectivity index (χ1) is 10.5. The van der Waals surface area contributed by atoms with Crippen molar-refractivity contribution in [2.75, 3.05) is 19.8 Å². The van der Waals surface area contributed by atoms with Crippen LogP contribution in [0.5, 0.6) is 0 Å². The minimum absolute atomic E-state index is 0.0667. The summed E-state index contributed by atoms with van der Waals surface area (Å²) in [5.41, 5.74) is 0.276. The van der Waals surface area contributed by atoms with Crippen LogP contribution in [-0.2, 0) is 9.53 Å². The van der Waals surface area contributed by atoms with E-state index in [1.165, 1.54) is 6.07 Å². The highest BCUT2D eigenvalue weighted by Gasteiger charge is 2.48. The molecule has 4 nitrogen and oxygen atoms in total. The van der Waals surface area contributed by atoms with Crippen LogP contribution < -0.4 is 0 Å². The van der Waals surface area contributed by atoms with Gasteiger partial charge in [-0.3, -0.25) is 4.79 Å². The number of benzene rings is 1. The molecule has 0 aromatic heterocycles. The lowest BCUT2D eigenvalue weighted by atomic mass is 10.1. The lowest BCUT2D eigenvalue weighted by molar-refractivity contribution is -0.147. The average Bonchev–Trinajstić information content (AvgIpc) is 3.30. The molecule has 2 fully saturated rings. The van der Waals surface area contributed by atoms with Gasteiger partial charge in [0.15, 0.2) is 0 Å². The van der Waals surface area contributed by atoms with Crippen LogP contribution in [-0.4, -0.2) is 47.8 Å². The van der Waals surface area contributed by atoms with Crippen LogP contribution in [0, 0.1) is 17.6 Å². The lowest BCUT2D eigenvalue weighted by Gasteiger charge is -2.37. The number of halogens is 2. The summed E-state index contributed by atoms with van der Waals surface area (Å²) in [6.07, 6.45) is 0.163. The summed E-state index contributed by atoms with van der Waals surface area (Å²) >= 11 is 0. The largest absolute Gasteiger partial charge is 0.394 e. The third-order valence-electron chi connectivity index (χ3n) is 4.46. The van der Waals surface area contributed by atoms with E-state index >= 15 is 0 Å². The van der Waals surface area contributed by atoms with Crippen LogP contribution in [0.1, 0.15) is 24.8 Å². The zero-order valence-corrected chi connectivity index (χ0v) is 12.3. The smallest absolute Gasteiger partial charge is 0.226 e. The van der Waals surface area contributed by atoms with Gasteiger partial charge in [0.1, 0.15) is 11.6 Å². The molecule has 1 N–H and O–H groups in total. The van der Waals surface area contributed by atoms with E-state index in [-0.39, 0.29) is 42.1 Å². The molecule has 0 spiro atoms. The van der Waals surface area contributed by atoms with Crippen molar-refractivity contribution < 1.29 is 23.4 Å². The monoisotopic (exact) mass is 311 g/mol. The Balaban J connectivity index is 1.71. The number of amides is 1. The maximum absolute atomic E-state index is 13.8. The number of carbonyl (C=O) groups excluding carboxylic acids is 1. The molecule has 4 atom stereocenters. The summed E-state index contributed by atoms with van der Waals surface area (Å²) in [5, 5.41) is 9.17. The molecule has 1 heterocycles. The zero-order valence-electron chi connectivity index (χ0n) is 12.3. The van der Waals surface area contributed by atoms with Crippen molar-refractivity contribution in [1.29, 1.82) is 0 Å². The second-order valence-electron chi connectivity index (χ2n) is 6.09. The van der Waals surface area contributed by atoms with E-state index in [0.29, 0.717) is 19.6 Å². The Morgan fingerprint density at radius 1 is 1.45 bits per heavy atom. The molecule has 1 saturated carbocycles. The van der Waals surface area contributed by atoms with Gasteiger partial charge in [-0.05, 0) is 43.0 Å². The molecule has 3 rings (SSSR count). The minimum atomic E-state index is -0.491. The fraction of sp³-hybridized carbons (Fsp3) is 0.562. The molecule has 0 radical (unpaired) electrons. The predicted molar refractivity (Wildman–Crippen MR) is 75.2 cm³/mol. The highest BCUT2D eigenvalue weighted by atomic mass is 19.1. The van der Waals surface area contributed by atoms with Crippen molar-refractivity contribution in [1.82, 2.24) is 4.90 Å². The molecule has 1 aromatic rings. The highest BCUT2D eigenvalue weighted by molar-refractivity contribution is 5.83. The normalized spacial score (nSPS) is 31.2. The van der Waals surface area contributed by atoms with Gasteiger partial charge in [-0.2, -0.15) is 0 Å². The van der Waals surface area contributed by atoms with Crippen molar-refractivity contribution in [2.45, 2.75) is 31.4 Å². The Bertz CT molecular complexity index is 581. The number of rotatable bonds is 3. The van der Waals surface area contributed by atoms with Crippen molar-refractivity contribution in [2.24, 2.45) is 5.92 Å². The van der Waals surface area contributed by atoms with Gasteiger partial charge in [0.2, 0.25) is 5.91 Å². The summed E-state index contributed by atoms with van der Waals surface area (Å²) in [6.45, 7) is 2.46. The number of carbonyl (C=O) groups is 1. The second kappa shape index (κ2) is 5.93. The van der Waals surface area contributed by atoms with Crippen LogP contribution in [0.3, 0.4) is 0 Å². The second-order valence-corrected chi connectivity index (χ2v) is 6.09. The number of hydrogen-bond donors (Lipinski definition) is 1. The van der Waals surface area contributed by atoms with Gasteiger partial charge in [0.25, 0.3) is 0 Å². The van der Waals surface area contributed by atoms with Gasteiger partial charge in [-0.25, -0.2) is 8.78 Å². The first-order valence-electron chi connectivity index (χ1n) is 7.49. The van der Waals surface area contributed by atoms with Gasteiger partial charge in [-0.15, -0.1) is 0 Å².